The fourth-order valence-electron chi connectivity index (χ4n) is 2.28. The van der Waals surface area contributed by atoms with E-state index in [-0.39, 0.29) is 5.91 Å². The quantitative estimate of drug-likeness (QED) is 0.784. The van der Waals surface area contributed by atoms with Gasteiger partial charge >= 0.3 is 0 Å². The van der Waals surface area contributed by atoms with Gasteiger partial charge in [-0.15, -0.1) is 0 Å². The molecule has 0 aromatic heterocycles. The molecule has 0 fully saturated rings. The van der Waals surface area contributed by atoms with E-state index in [0.717, 1.165) is 18.7 Å². The first-order chi connectivity index (χ1) is 7.72. The Bertz CT molecular complexity index is 392. The van der Waals surface area contributed by atoms with Gasteiger partial charge in [-0.3, -0.25) is 4.79 Å². The van der Waals surface area contributed by atoms with Crippen LogP contribution in [0.25, 0.3) is 0 Å². The smallest absolute Gasteiger partial charge is 0.236 e. The summed E-state index contributed by atoms with van der Waals surface area (Å²) in [6, 6.07) is 8.54. The van der Waals surface area contributed by atoms with Crippen LogP contribution in [-0.2, 0) is 4.79 Å². The summed E-state index contributed by atoms with van der Waals surface area (Å²) in [5, 5.41) is 3.29. The van der Waals surface area contributed by atoms with Crippen LogP contribution in [0.2, 0.25) is 0 Å². The zero-order chi connectivity index (χ0) is 11.5. The van der Waals surface area contributed by atoms with Gasteiger partial charge in [-0.25, -0.2) is 0 Å². The average Bonchev–Trinajstić information content (AvgIpc) is 2.29. The summed E-state index contributed by atoms with van der Waals surface area (Å²) in [5.74, 6) is -0.280. The van der Waals surface area contributed by atoms with Crippen LogP contribution in [-0.4, -0.2) is 26.0 Å². The molecule has 1 aliphatic heterocycles. The van der Waals surface area contributed by atoms with Crippen molar-refractivity contribution in [3.63, 3.8) is 0 Å². The largest absolute Gasteiger partial charge is 0.368 e. The van der Waals surface area contributed by atoms with Gasteiger partial charge < -0.3 is 16.0 Å². The number of nitrogens with one attached hydrogen (secondary N) is 1. The number of nitrogens with two attached hydrogens (primary N) is 1. The Morgan fingerprint density at radius 1 is 1.56 bits per heavy atom. The molecule has 1 amide bonds. The van der Waals surface area contributed by atoms with E-state index in [1.165, 1.54) is 5.56 Å². The van der Waals surface area contributed by atoms with Crippen LogP contribution in [0.1, 0.15) is 18.0 Å². The lowest BCUT2D eigenvalue weighted by atomic mass is 9.96. The number of nitrogens with zero attached hydrogens (tertiary/aromatic N) is 1. The van der Waals surface area contributed by atoms with E-state index in [2.05, 4.69) is 11.4 Å². The number of hydrogen-bond acceptors (Lipinski definition) is 3. The Balaban J connectivity index is 2.31. The molecule has 4 nitrogen and oxygen atoms in total. The maximum Gasteiger partial charge on any atom is 0.236 e. The predicted molar refractivity (Wildman–Crippen MR) is 64.3 cm³/mol. The number of benzene rings is 1. The van der Waals surface area contributed by atoms with Gasteiger partial charge in [0.05, 0.1) is 6.54 Å². The lowest BCUT2D eigenvalue weighted by molar-refractivity contribution is -0.116. The number of carbonyl (C=O) groups is 1. The molecule has 0 saturated heterocycles. The second kappa shape index (κ2) is 4.53. The van der Waals surface area contributed by atoms with E-state index < -0.39 is 0 Å². The van der Waals surface area contributed by atoms with Crippen LogP contribution in [0.3, 0.4) is 0 Å². The Morgan fingerprint density at radius 3 is 3.00 bits per heavy atom. The van der Waals surface area contributed by atoms with E-state index in [4.69, 9.17) is 5.73 Å². The third kappa shape index (κ3) is 2.02. The fraction of sp³-hybridized carbons (Fsp3) is 0.417. The van der Waals surface area contributed by atoms with Crippen molar-refractivity contribution in [2.75, 3.05) is 25.0 Å². The van der Waals surface area contributed by atoms with Gasteiger partial charge in [-0.2, -0.15) is 0 Å². The molecule has 3 N–H and O–H groups in total. The number of anilines is 1. The van der Waals surface area contributed by atoms with Crippen LogP contribution < -0.4 is 16.0 Å². The summed E-state index contributed by atoms with van der Waals surface area (Å²) in [6.45, 7) is 1.17. The molecule has 86 valence electrons. The lowest BCUT2D eigenvalue weighted by Crippen LogP contribution is -2.40. The topological polar surface area (TPSA) is 58.4 Å². The van der Waals surface area contributed by atoms with Gasteiger partial charge in [0.15, 0.2) is 0 Å². The number of carbonyl (C=O) groups excluding carboxylic acids is 1. The minimum atomic E-state index is -0.280. The van der Waals surface area contributed by atoms with Gasteiger partial charge in [0.25, 0.3) is 0 Å². The summed E-state index contributed by atoms with van der Waals surface area (Å²) in [5.41, 5.74) is 7.62. The average molecular weight is 219 g/mol. The van der Waals surface area contributed by atoms with Crippen molar-refractivity contribution in [2.24, 2.45) is 5.73 Å². The Labute approximate surface area is 95.4 Å². The molecule has 1 heterocycles. The van der Waals surface area contributed by atoms with Crippen LogP contribution >= 0.6 is 0 Å². The monoisotopic (exact) mass is 219 g/mol. The lowest BCUT2D eigenvalue weighted by Gasteiger charge is -2.34. The summed E-state index contributed by atoms with van der Waals surface area (Å²) >= 11 is 0. The number of primary amides is 1. The molecule has 16 heavy (non-hydrogen) atoms. The molecule has 1 aromatic rings. The predicted octanol–water partition coefficient (Wildman–Crippen LogP) is 0.643. The second-order valence-electron chi connectivity index (χ2n) is 4.08. The number of amides is 1. The van der Waals surface area contributed by atoms with Crippen molar-refractivity contribution < 1.29 is 4.79 Å². The van der Waals surface area contributed by atoms with Gasteiger partial charge in [-0.05, 0) is 25.1 Å². The van der Waals surface area contributed by atoms with E-state index in [1.54, 1.807) is 0 Å². The van der Waals surface area contributed by atoms with Gasteiger partial charge in [-0.1, -0.05) is 18.2 Å². The molecule has 0 aliphatic carbocycles. The first kappa shape index (κ1) is 11.0. The third-order valence-electron chi connectivity index (χ3n) is 3.04. The Kier molecular flexibility index (Phi) is 3.10. The van der Waals surface area contributed by atoms with Crippen molar-refractivity contribution >= 4 is 11.6 Å². The fourth-order valence-corrected chi connectivity index (χ4v) is 2.28. The summed E-state index contributed by atoms with van der Waals surface area (Å²) in [7, 11) is 1.96. The first-order valence-corrected chi connectivity index (χ1v) is 5.52. The highest BCUT2D eigenvalue weighted by Gasteiger charge is 2.23. The van der Waals surface area contributed by atoms with E-state index in [1.807, 2.05) is 30.1 Å². The van der Waals surface area contributed by atoms with Crippen molar-refractivity contribution in [1.29, 1.82) is 0 Å². The normalized spacial score (nSPS) is 19.3. The molecular weight excluding hydrogens is 202 g/mol. The van der Waals surface area contributed by atoms with Crippen molar-refractivity contribution in [3.05, 3.63) is 29.8 Å². The number of rotatable bonds is 3. The molecule has 4 heteroatoms. The van der Waals surface area contributed by atoms with Gasteiger partial charge in [0.2, 0.25) is 5.91 Å². The maximum atomic E-state index is 11.0. The van der Waals surface area contributed by atoms with Crippen LogP contribution in [0.5, 0.6) is 0 Å². The third-order valence-corrected chi connectivity index (χ3v) is 3.04. The molecule has 0 spiro atoms. The molecule has 2 rings (SSSR count). The minimum Gasteiger partial charge on any atom is -0.368 e. The summed E-state index contributed by atoms with van der Waals surface area (Å²) in [6.07, 6.45) is 1.00. The number of para-hydroxylation sites is 1. The highest BCUT2D eigenvalue weighted by molar-refractivity contribution is 5.80. The number of fused-ring (bicyclic) bond motifs is 1. The summed E-state index contributed by atoms with van der Waals surface area (Å²) < 4.78 is 0. The maximum absolute atomic E-state index is 11.0. The second-order valence-corrected chi connectivity index (χ2v) is 4.08. The summed E-state index contributed by atoms with van der Waals surface area (Å²) in [4.78, 5) is 13.0. The first-order valence-electron chi connectivity index (χ1n) is 5.52. The zero-order valence-electron chi connectivity index (χ0n) is 9.44. The van der Waals surface area contributed by atoms with E-state index >= 15 is 0 Å². The number of hydrogen-bond donors (Lipinski definition) is 2. The zero-order valence-corrected chi connectivity index (χ0v) is 9.44. The van der Waals surface area contributed by atoms with Crippen LogP contribution in [0.15, 0.2) is 24.3 Å². The van der Waals surface area contributed by atoms with Crippen molar-refractivity contribution in [3.8, 4) is 0 Å². The highest BCUT2D eigenvalue weighted by Crippen LogP contribution is 2.32. The molecule has 1 unspecified atom stereocenters. The highest BCUT2D eigenvalue weighted by atomic mass is 16.1. The van der Waals surface area contributed by atoms with Crippen LogP contribution in [0, 0.1) is 0 Å². The minimum absolute atomic E-state index is 0.280. The molecule has 1 aliphatic rings. The van der Waals surface area contributed by atoms with Crippen molar-refractivity contribution in [2.45, 2.75) is 12.5 Å². The van der Waals surface area contributed by atoms with Gasteiger partial charge in [0, 0.05) is 18.3 Å². The molecule has 0 radical (unpaired) electrons. The molecular formula is C12H17N3O. The Hall–Kier alpha value is -1.55. The van der Waals surface area contributed by atoms with E-state index in [0.29, 0.717) is 12.6 Å². The molecule has 1 aromatic carbocycles. The molecule has 0 bridgehead atoms. The Morgan fingerprint density at radius 2 is 2.31 bits per heavy atom. The molecule has 0 saturated carbocycles. The van der Waals surface area contributed by atoms with Gasteiger partial charge in [0.1, 0.15) is 0 Å². The SMILES string of the molecule is CNC1CCN(CC(N)=O)c2ccccc21. The molecule has 1 atom stereocenters. The van der Waals surface area contributed by atoms with Crippen molar-refractivity contribution in [1.82, 2.24) is 5.32 Å². The standard InChI is InChI=1S/C12H17N3O/c1-14-10-6-7-15(8-12(13)16)11-5-3-2-4-9(10)11/h2-5,10,14H,6-8H2,1H3,(H2,13,16). The van der Waals surface area contributed by atoms with E-state index in [9.17, 15) is 4.79 Å². The van der Waals surface area contributed by atoms with Crippen LogP contribution in [0.4, 0.5) is 5.69 Å².